The Morgan fingerprint density at radius 3 is 2.55 bits per heavy atom. The molecule has 1 aromatic carbocycles. The smallest absolute Gasteiger partial charge is 0.193 e. The lowest BCUT2D eigenvalue weighted by Crippen LogP contribution is -2.43. The van der Waals surface area contributed by atoms with E-state index in [2.05, 4.69) is 75.3 Å². The third-order valence-electron chi connectivity index (χ3n) is 5.56. The number of aryl methyl sites for hydroxylation is 1. The van der Waals surface area contributed by atoms with Gasteiger partial charge in [0.2, 0.25) is 0 Å². The van der Waals surface area contributed by atoms with E-state index < -0.39 is 0 Å². The number of aromatic nitrogens is 1. The van der Waals surface area contributed by atoms with Gasteiger partial charge in [0.05, 0.1) is 19.7 Å². The number of likely N-dealkylation sites (tertiary alicyclic amines) is 1. The minimum atomic E-state index is 0. The number of ether oxygens (including phenoxy) is 1. The predicted octanol–water partition coefficient (Wildman–Crippen LogP) is 3.50. The molecule has 0 spiro atoms. The highest BCUT2D eigenvalue weighted by atomic mass is 127. The van der Waals surface area contributed by atoms with Crippen molar-refractivity contribution in [1.29, 1.82) is 0 Å². The summed E-state index contributed by atoms with van der Waals surface area (Å²) in [7, 11) is 7.75. The summed E-state index contributed by atoms with van der Waals surface area (Å²) >= 11 is 0. The summed E-state index contributed by atoms with van der Waals surface area (Å²) in [6.45, 7) is 3.86. The lowest BCUT2D eigenvalue weighted by molar-refractivity contribution is 0.238. The molecule has 1 atom stereocenters. The Hall–Kier alpha value is -1.74. The van der Waals surface area contributed by atoms with E-state index in [0.717, 1.165) is 37.9 Å². The van der Waals surface area contributed by atoms with Gasteiger partial charge in [-0.05, 0) is 44.1 Å². The molecule has 2 heterocycles. The van der Waals surface area contributed by atoms with Crippen LogP contribution in [0.4, 0.5) is 0 Å². The van der Waals surface area contributed by atoms with Crippen LogP contribution in [0.25, 0.3) is 0 Å². The Labute approximate surface area is 192 Å². The fourth-order valence-corrected chi connectivity index (χ4v) is 3.98. The fraction of sp³-hybridized carbons (Fsp3) is 0.500. The molecular weight excluding hydrogens is 477 g/mol. The maximum Gasteiger partial charge on any atom is 0.193 e. The van der Waals surface area contributed by atoms with E-state index in [1.54, 1.807) is 7.11 Å². The maximum absolute atomic E-state index is 5.65. The third kappa shape index (κ3) is 5.88. The first-order valence-electron chi connectivity index (χ1n) is 10.0. The monoisotopic (exact) mass is 511 g/mol. The molecule has 1 N–H and O–H groups in total. The van der Waals surface area contributed by atoms with Crippen molar-refractivity contribution in [3.8, 4) is 5.75 Å². The molecule has 160 valence electrons. The van der Waals surface area contributed by atoms with Gasteiger partial charge in [-0.2, -0.15) is 0 Å². The molecule has 1 aliphatic rings. The lowest BCUT2D eigenvalue weighted by Gasteiger charge is -2.31. The van der Waals surface area contributed by atoms with E-state index in [4.69, 9.17) is 4.74 Å². The van der Waals surface area contributed by atoms with Crippen molar-refractivity contribution in [1.82, 2.24) is 19.7 Å². The molecule has 29 heavy (non-hydrogen) atoms. The molecule has 0 bridgehead atoms. The van der Waals surface area contributed by atoms with Crippen molar-refractivity contribution in [2.75, 3.05) is 40.8 Å². The average molecular weight is 511 g/mol. The van der Waals surface area contributed by atoms with Crippen LogP contribution in [0.1, 0.15) is 30.1 Å². The number of guanidine groups is 1. The van der Waals surface area contributed by atoms with Crippen molar-refractivity contribution in [2.24, 2.45) is 12.0 Å². The lowest BCUT2D eigenvalue weighted by atomic mass is 10.0. The van der Waals surface area contributed by atoms with Crippen molar-refractivity contribution < 1.29 is 4.74 Å². The molecule has 2 aromatic rings. The summed E-state index contributed by atoms with van der Waals surface area (Å²) in [6, 6.07) is 12.8. The third-order valence-corrected chi connectivity index (χ3v) is 5.56. The number of nitrogens with zero attached hydrogens (tertiary/aromatic N) is 4. The first-order valence-corrected chi connectivity index (χ1v) is 10.0. The standard InChI is InChI=1S/C22H33N5O.HI/c1-23-22(26(3)17-18-10-9-13-25(18)2)24-16-20(27-14-7-8-15-27)19-11-5-6-12-21(19)28-4;/h5-6,9-13,20H,7-8,14-17H2,1-4H3,(H,23,24);1H. The van der Waals surface area contributed by atoms with Gasteiger partial charge in [-0.3, -0.25) is 9.89 Å². The van der Waals surface area contributed by atoms with Crippen LogP contribution >= 0.6 is 24.0 Å². The Bertz CT molecular complexity index is 785. The average Bonchev–Trinajstić information content (AvgIpc) is 3.38. The summed E-state index contributed by atoms with van der Waals surface area (Å²) in [5.74, 6) is 1.86. The second-order valence-corrected chi connectivity index (χ2v) is 7.40. The molecule has 3 rings (SSSR count). The van der Waals surface area contributed by atoms with E-state index in [1.807, 2.05) is 13.1 Å². The van der Waals surface area contributed by atoms with Gasteiger partial charge in [0.1, 0.15) is 5.75 Å². The normalized spacial score (nSPS) is 15.7. The number of aliphatic imine (C=N–C) groups is 1. The molecule has 7 heteroatoms. The SMILES string of the molecule is CN=C(NCC(c1ccccc1OC)N1CCCC1)N(C)Cc1cccn1C.I. The van der Waals surface area contributed by atoms with Gasteiger partial charge in [-0.1, -0.05) is 18.2 Å². The van der Waals surface area contributed by atoms with E-state index >= 15 is 0 Å². The van der Waals surface area contributed by atoms with Crippen LogP contribution in [0.15, 0.2) is 47.6 Å². The van der Waals surface area contributed by atoms with Crippen LogP contribution in [0.3, 0.4) is 0 Å². The highest BCUT2D eigenvalue weighted by Gasteiger charge is 2.26. The van der Waals surface area contributed by atoms with Crippen LogP contribution in [-0.2, 0) is 13.6 Å². The second kappa shape index (κ2) is 11.4. The quantitative estimate of drug-likeness (QED) is 0.351. The Morgan fingerprint density at radius 1 is 1.21 bits per heavy atom. The highest BCUT2D eigenvalue weighted by Crippen LogP contribution is 2.31. The minimum absolute atomic E-state index is 0. The molecule has 6 nitrogen and oxygen atoms in total. The Morgan fingerprint density at radius 2 is 1.93 bits per heavy atom. The largest absolute Gasteiger partial charge is 0.496 e. The Balaban J connectivity index is 0.00000300. The topological polar surface area (TPSA) is 45.0 Å². The van der Waals surface area contributed by atoms with Gasteiger partial charge >= 0.3 is 0 Å². The first-order chi connectivity index (χ1) is 13.6. The van der Waals surface area contributed by atoms with E-state index in [1.165, 1.54) is 24.1 Å². The van der Waals surface area contributed by atoms with Crippen molar-refractivity contribution in [3.63, 3.8) is 0 Å². The molecule has 1 fully saturated rings. The zero-order valence-electron chi connectivity index (χ0n) is 18.0. The second-order valence-electron chi connectivity index (χ2n) is 7.40. The van der Waals surface area contributed by atoms with Crippen LogP contribution in [0.2, 0.25) is 0 Å². The summed E-state index contributed by atoms with van der Waals surface area (Å²) in [4.78, 5) is 9.22. The molecule has 1 saturated heterocycles. The number of halogens is 1. The van der Waals surface area contributed by atoms with Crippen molar-refractivity contribution in [2.45, 2.75) is 25.4 Å². The van der Waals surface area contributed by atoms with Crippen LogP contribution < -0.4 is 10.1 Å². The first kappa shape index (κ1) is 23.5. The molecule has 1 unspecified atom stereocenters. The summed E-state index contributed by atoms with van der Waals surface area (Å²) < 4.78 is 7.80. The number of nitrogens with one attached hydrogen (secondary N) is 1. The van der Waals surface area contributed by atoms with E-state index in [0.29, 0.717) is 0 Å². The van der Waals surface area contributed by atoms with Crippen LogP contribution in [-0.4, -0.2) is 61.2 Å². The van der Waals surface area contributed by atoms with Gasteiger partial charge < -0.3 is 19.5 Å². The Kier molecular flexibility index (Phi) is 9.29. The maximum atomic E-state index is 5.65. The molecule has 0 radical (unpaired) electrons. The van der Waals surface area contributed by atoms with Crippen molar-refractivity contribution >= 4 is 29.9 Å². The van der Waals surface area contributed by atoms with E-state index in [-0.39, 0.29) is 30.0 Å². The number of para-hydroxylation sites is 1. The zero-order chi connectivity index (χ0) is 19.9. The molecule has 1 aromatic heterocycles. The van der Waals surface area contributed by atoms with E-state index in [9.17, 15) is 0 Å². The molecule has 1 aliphatic heterocycles. The zero-order valence-corrected chi connectivity index (χ0v) is 20.3. The molecular formula is C22H34IN5O. The van der Waals surface area contributed by atoms with Gasteiger partial charge in [0.25, 0.3) is 0 Å². The minimum Gasteiger partial charge on any atom is -0.496 e. The number of methoxy groups -OCH3 is 1. The molecule has 0 saturated carbocycles. The summed E-state index contributed by atoms with van der Waals surface area (Å²) in [6.07, 6.45) is 4.59. The van der Waals surface area contributed by atoms with Crippen LogP contribution in [0.5, 0.6) is 5.75 Å². The number of hydrogen-bond donors (Lipinski definition) is 1. The van der Waals surface area contributed by atoms with Crippen molar-refractivity contribution in [3.05, 3.63) is 53.9 Å². The van der Waals surface area contributed by atoms with Gasteiger partial charge in [0.15, 0.2) is 5.96 Å². The molecule has 0 amide bonds. The van der Waals surface area contributed by atoms with Gasteiger partial charge in [-0.25, -0.2) is 0 Å². The highest BCUT2D eigenvalue weighted by molar-refractivity contribution is 14.0. The fourth-order valence-electron chi connectivity index (χ4n) is 3.98. The summed E-state index contributed by atoms with van der Waals surface area (Å²) in [5.41, 5.74) is 2.49. The predicted molar refractivity (Wildman–Crippen MR) is 130 cm³/mol. The van der Waals surface area contributed by atoms with Crippen LogP contribution in [0, 0.1) is 0 Å². The number of rotatable bonds is 7. The number of hydrogen-bond acceptors (Lipinski definition) is 3. The van der Waals surface area contributed by atoms with Gasteiger partial charge in [-0.15, -0.1) is 24.0 Å². The summed E-state index contributed by atoms with van der Waals surface area (Å²) in [5, 5.41) is 3.60. The van der Waals surface area contributed by atoms with Gasteiger partial charge in [0, 0.05) is 45.1 Å². The number of benzene rings is 1. The molecule has 0 aliphatic carbocycles.